The van der Waals surface area contributed by atoms with Gasteiger partial charge in [0.2, 0.25) is 0 Å². The largest absolute Gasteiger partial charge is 0.459 e. The summed E-state index contributed by atoms with van der Waals surface area (Å²) in [4.78, 5) is 37.2. The third-order valence-electron chi connectivity index (χ3n) is 6.71. The molecule has 2 aromatic rings. The normalized spacial score (nSPS) is 10.9. The first kappa shape index (κ1) is 33.0. The second-order valence-corrected chi connectivity index (χ2v) is 10.2. The van der Waals surface area contributed by atoms with E-state index in [9.17, 15) is 18.8 Å². The fourth-order valence-electron chi connectivity index (χ4n) is 4.30. The summed E-state index contributed by atoms with van der Waals surface area (Å²) in [7, 11) is 0. The number of benzene rings is 2. The van der Waals surface area contributed by atoms with Crippen LogP contribution in [-0.4, -0.2) is 24.0 Å². The molecular formula is C33H45FO6. The molecule has 0 aromatic heterocycles. The number of carbonyl (C=O) groups excluding carboxylic acids is 3. The second kappa shape index (κ2) is 19.0. The van der Waals surface area contributed by atoms with E-state index in [4.69, 9.17) is 14.2 Å². The highest BCUT2D eigenvalue weighted by molar-refractivity contribution is 5.92. The van der Waals surface area contributed by atoms with Crippen molar-refractivity contribution in [1.82, 2.24) is 0 Å². The summed E-state index contributed by atoms with van der Waals surface area (Å²) < 4.78 is 30.9. The van der Waals surface area contributed by atoms with Gasteiger partial charge in [0.1, 0.15) is 23.4 Å². The van der Waals surface area contributed by atoms with Crippen molar-refractivity contribution in [2.45, 2.75) is 117 Å². The Bertz CT molecular complexity index is 1040. The summed E-state index contributed by atoms with van der Waals surface area (Å²) >= 11 is 0. The highest BCUT2D eigenvalue weighted by Crippen LogP contribution is 2.22. The zero-order valence-corrected chi connectivity index (χ0v) is 24.3. The van der Waals surface area contributed by atoms with Crippen LogP contribution in [0.25, 0.3) is 0 Å². The topological polar surface area (TPSA) is 78.9 Å². The standard InChI is InChI=1S/C33H45FO6/c1-4-7-10-11-12-13-14-17-31(35)38-27-20-18-25(19-21-27)32(36)40-28-22-23-29(30(34)24-28)33(37)39-26(15-8-5-2)16-9-6-3/h18-24,26H,4-17H2,1-3H3. The SMILES string of the molecule is CCCCCCCCCC(=O)Oc1ccc(C(=O)Oc2ccc(C(=O)OC(CCCC)CCCC)c(F)c2)cc1. The molecule has 2 rings (SSSR count). The molecule has 0 saturated heterocycles. The minimum absolute atomic E-state index is 0.0298. The highest BCUT2D eigenvalue weighted by Gasteiger charge is 2.20. The van der Waals surface area contributed by atoms with Crippen molar-refractivity contribution in [2.24, 2.45) is 0 Å². The number of hydrogen-bond acceptors (Lipinski definition) is 6. The number of esters is 3. The Morgan fingerprint density at radius 3 is 1.85 bits per heavy atom. The van der Waals surface area contributed by atoms with Gasteiger partial charge >= 0.3 is 17.9 Å². The van der Waals surface area contributed by atoms with Crippen molar-refractivity contribution in [2.75, 3.05) is 0 Å². The van der Waals surface area contributed by atoms with E-state index < -0.39 is 17.8 Å². The third-order valence-corrected chi connectivity index (χ3v) is 6.71. The molecule has 0 atom stereocenters. The summed E-state index contributed by atoms with van der Waals surface area (Å²) in [5.74, 6) is -2.23. The number of rotatable bonds is 19. The zero-order valence-electron chi connectivity index (χ0n) is 24.3. The molecule has 0 radical (unpaired) electrons. The van der Waals surface area contributed by atoms with Crippen LogP contribution in [-0.2, 0) is 9.53 Å². The molecule has 40 heavy (non-hydrogen) atoms. The van der Waals surface area contributed by atoms with Crippen LogP contribution in [0, 0.1) is 5.82 Å². The van der Waals surface area contributed by atoms with Gasteiger partial charge in [-0.2, -0.15) is 0 Å². The summed E-state index contributed by atoms with van der Waals surface area (Å²) in [6.07, 6.45) is 13.3. The molecule has 0 bridgehead atoms. The molecule has 0 saturated carbocycles. The van der Waals surface area contributed by atoms with E-state index in [0.717, 1.165) is 63.9 Å². The van der Waals surface area contributed by atoms with Crippen molar-refractivity contribution in [3.8, 4) is 11.5 Å². The van der Waals surface area contributed by atoms with Gasteiger partial charge in [-0.25, -0.2) is 14.0 Å². The van der Waals surface area contributed by atoms with Crippen molar-refractivity contribution >= 4 is 17.9 Å². The van der Waals surface area contributed by atoms with Crippen LogP contribution >= 0.6 is 0 Å². The zero-order chi connectivity index (χ0) is 29.2. The summed E-state index contributed by atoms with van der Waals surface area (Å²) in [6.45, 7) is 6.32. The Kier molecular flexibility index (Phi) is 15.6. The third kappa shape index (κ3) is 12.3. The Morgan fingerprint density at radius 2 is 1.25 bits per heavy atom. The van der Waals surface area contributed by atoms with Crippen LogP contribution in [0.2, 0.25) is 0 Å². The molecule has 0 aliphatic rings. The lowest BCUT2D eigenvalue weighted by Gasteiger charge is -2.18. The van der Waals surface area contributed by atoms with Gasteiger partial charge in [0, 0.05) is 12.5 Å². The van der Waals surface area contributed by atoms with Crippen LogP contribution in [0.4, 0.5) is 4.39 Å². The van der Waals surface area contributed by atoms with Crippen molar-refractivity contribution in [1.29, 1.82) is 0 Å². The molecule has 0 N–H and O–H groups in total. The monoisotopic (exact) mass is 556 g/mol. The number of ether oxygens (including phenoxy) is 3. The van der Waals surface area contributed by atoms with Gasteiger partial charge in [-0.05, 0) is 55.7 Å². The Morgan fingerprint density at radius 1 is 0.675 bits per heavy atom. The molecule has 7 heteroatoms. The number of halogens is 1. The van der Waals surface area contributed by atoms with E-state index in [1.54, 1.807) is 0 Å². The maximum absolute atomic E-state index is 14.7. The Labute approximate surface area is 238 Å². The van der Waals surface area contributed by atoms with Crippen LogP contribution in [0.1, 0.15) is 131 Å². The van der Waals surface area contributed by atoms with Gasteiger partial charge in [0.15, 0.2) is 0 Å². The number of unbranched alkanes of at least 4 members (excludes halogenated alkanes) is 8. The van der Waals surface area contributed by atoms with E-state index in [0.29, 0.717) is 12.2 Å². The molecule has 0 aliphatic carbocycles. The molecule has 0 heterocycles. The average Bonchev–Trinajstić information content (AvgIpc) is 2.94. The van der Waals surface area contributed by atoms with Gasteiger partial charge < -0.3 is 14.2 Å². The Balaban J connectivity index is 1.85. The maximum Gasteiger partial charge on any atom is 0.343 e. The van der Waals surface area contributed by atoms with Crippen LogP contribution < -0.4 is 9.47 Å². The number of hydrogen-bond donors (Lipinski definition) is 0. The molecule has 0 aliphatic heterocycles. The van der Waals surface area contributed by atoms with Crippen LogP contribution in [0.5, 0.6) is 11.5 Å². The average molecular weight is 557 g/mol. The minimum atomic E-state index is -0.816. The van der Waals surface area contributed by atoms with Gasteiger partial charge in [-0.1, -0.05) is 85.0 Å². The minimum Gasteiger partial charge on any atom is -0.459 e. The number of carbonyl (C=O) groups is 3. The van der Waals surface area contributed by atoms with Crippen molar-refractivity contribution in [3.63, 3.8) is 0 Å². The molecule has 0 fully saturated rings. The lowest BCUT2D eigenvalue weighted by atomic mass is 10.1. The van der Waals surface area contributed by atoms with Crippen molar-refractivity contribution < 1.29 is 33.0 Å². The highest BCUT2D eigenvalue weighted by atomic mass is 19.1. The van der Waals surface area contributed by atoms with E-state index >= 15 is 0 Å². The molecule has 6 nitrogen and oxygen atoms in total. The predicted molar refractivity (Wildman–Crippen MR) is 154 cm³/mol. The van der Waals surface area contributed by atoms with Gasteiger partial charge in [-0.15, -0.1) is 0 Å². The first-order chi connectivity index (χ1) is 19.4. The molecule has 0 spiro atoms. The second-order valence-electron chi connectivity index (χ2n) is 10.2. The van der Waals surface area contributed by atoms with Crippen molar-refractivity contribution in [3.05, 3.63) is 59.4 Å². The predicted octanol–water partition coefficient (Wildman–Crippen LogP) is 9.00. The quantitative estimate of drug-likeness (QED) is 0.0976. The summed E-state index contributed by atoms with van der Waals surface area (Å²) in [5.41, 5.74) is 0.0194. The molecule has 0 amide bonds. The molecular weight excluding hydrogens is 511 g/mol. The maximum atomic E-state index is 14.7. The molecule has 2 aromatic carbocycles. The van der Waals surface area contributed by atoms with E-state index in [-0.39, 0.29) is 28.9 Å². The fraction of sp³-hybridized carbons (Fsp3) is 0.545. The fourth-order valence-corrected chi connectivity index (χ4v) is 4.30. The summed E-state index contributed by atoms with van der Waals surface area (Å²) in [5, 5.41) is 0. The van der Waals surface area contributed by atoms with Crippen LogP contribution in [0.15, 0.2) is 42.5 Å². The Hall–Kier alpha value is -3.22. The first-order valence-corrected chi connectivity index (χ1v) is 14.9. The molecule has 0 unspecified atom stereocenters. The van der Waals surface area contributed by atoms with Gasteiger partial charge in [0.05, 0.1) is 11.1 Å². The molecule has 220 valence electrons. The van der Waals surface area contributed by atoms with E-state index in [1.165, 1.54) is 62.1 Å². The smallest absolute Gasteiger partial charge is 0.343 e. The van der Waals surface area contributed by atoms with E-state index in [1.807, 2.05) is 0 Å². The first-order valence-electron chi connectivity index (χ1n) is 14.9. The lowest BCUT2D eigenvalue weighted by molar-refractivity contribution is -0.134. The van der Waals surface area contributed by atoms with Gasteiger partial charge in [0.25, 0.3) is 0 Å². The summed E-state index contributed by atoms with van der Waals surface area (Å²) in [6, 6.07) is 9.64. The van der Waals surface area contributed by atoms with E-state index in [2.05, 4.69) is 20.8 Å². The lowest BCUT2D eigenvalue weighted by Crippen LogP contribution is -2.19. The van der Waals surface area contributed by atoms with Gasteiger partial charge in [-0.3, -0.25) is 4.79 Å². The van der Waals surface area contributed by atoms with Crippen LogP contribution in [0.3, 0.4) is 0 Å².